The Morgan fingerprint density at radius 3 is 2.64 bits per heavy atom. The first-order chi connectivity index (χ1) is 23.8. The smallest absolute Gasteiger partial charge is 0.490 e. The van der Waals surface area contributed by atoms with Crippen molar-refractivity contribution in [3.05, 3.63) is 63.6 Å². The van der Waals surface area contributed by atoms with Crippen molar-refractivity contribution in [2.75, 3.05) is 45.4 Å². The van der Waals surface area contributed by atoms with Crippen LogP contribution in [0.1, 0.15) is 34.3 Å². The lowest BCUT2D eigenvalue weighted by molar-refractivity contribution is -0.192. The molecule has 4 aromatic rings. The molecule has 17 heteroatoms. The second kappa shape index (κ2) is 13.9. The average molecular weight is 701 g/mol. The minimum Gasteiger partial charge on any atom is -0.490 e. The summed E-state index contributed by atoms with van der Waals surface area (Å²) in [5.74, 6) is -0.416. The molecule has 5 N–H and O–H groups in total. The Hall–Kier alpha value is -5.29. The van der Waals surface area contributed by atoms with Gasteiger partial charge in [-0.2, -0.15) is 13.2 Å². The number of aliphatic carboxylic acids is 1. The highest BCUT2D eigenvalue weighted by atomic mass is 19.4. The quantitative estimate of drug-likeness (QED) is 0.182. The number of aliphatic hydroxyl groups excluding tert-OH is 1. The van der Waals surface area contributed by atoms with Crippen molar-refractivity contribution in [2.45, 2.75) is 44.6 Å². The van der Waals surface area contributed by atoms with Crippen LogP contribution < -0.4 is 25.1 Å². The molecule has 0 aliphatic carbocycles. The maximum absolute atomic E-state index is 13.3. The van der Waals surface area contributed by atoms with E-state index in [-0.39, 0.29) is 37.5 Å². The zero-order chi connectivity index (χ0) is 35.7. The number of carbonyl (C=O) groups is 2. The van der Waals surface area contributed by atoms with E-state index < -0.39 is 18.2 Å². The highest BCUT2D eigenvalue weighted by Gasteiger charge is 2.38. The van der Waals surface area contributed by atoms with Gasteiger partial charge in [-0.1, -0.05) is 0 Å². The number of carbonyl (C=O) groups excluding carboxylic acids is 1. The zero-order valence-electron chi connectivity index (χ0n) is 27.1. The number of likely N-dealkylation sites (tertiary alicyclic amines) is 1. The Morgan fingerprint density at radius 1 is 1.18 bits per heavy atom. The number of carboxylic acid groups (broad SMARTS) is 1. The molecule has 2 aromatic carbocycles. The molecule has 0 bridgehead atoms. The molecule has 0 radical (unpaired) electrons. The Bertz CT molecular complexity index is 1970. The largest absolute Gasteiger partial charge is 0.490 e. The predicted molar refractivity (Wildman–Crippen MR) is 174 cm³/mol. The van der Waals surface area contributed by atoms with E-state index in [0.29, 0.717) is 51.9 Å². The number of hydrogen-bond donors (Lipinski definition) is 5. The number of amides is 1. The number of alkyl halides is 3. The SMILES string of the molecule is Cc1c(OC[C@H](O)CNc2cc[nH]c(=O)c2-c2nc3cc4c(cc3[nH]2)CN(C2CCN(C)CC2)C4=O)ccc2c1OCO2.O=C(O)C(F)(F)F. The van der Waals surface area contributed by atoms with Gasteiger partial charge in [-0.3, -0.25) is 9.59 Å². The molecule has 0 spiro atoms. The van der Waals surface area contributed by atoms with Gasteiger partial charge in [0.2, 0.25) is 6.79 Å². The van der Waals surface area contributed by atoms with Gasteiger partial charge in [0.1, 0.15) is 29.8 Å². The highest BCUT2D eigenvalue weighted by Crippen LogP contribution is 2.40. The lowest BCUT2D eigenvalue weighted by Gasteiger charge is -2.34. The predicted octanol–water partition coefficient (Wildman–Crippen LogP) is 3.49. The molecular weight excluding hydrogens is 665 g/mol. The van der Waals surface area contributed by atoms with E-state index >= 15 is 0 Å². The lowest BCUT2D eigenvalue weighted by Crippen LogP contribution is -2.43. The molecule has 266 valence electrons. The number of pyridine rings is 1. The topological polar surface area (TPSA) is 182 Å². The average Bonchev–Trinajstić information content (AvgIpc) is 3.80. The van der Waals surface area contributed by atoms with Crippen molar-refractivity contribution in [1.29, 1.82) is 0 Å². The summed E-state index contributed by atoms with van der Waals surface area (Å²) < 4.78 is 48.5. The molecule has 7 rings (SSSR count). The van der Waals surface area contributed by atoms with Gasteiger partial charge in [-0.05, 0) is 75.8 Å². The fraction of sp³-hybridized carbons (Fsp3) is 0.394. The number of H-pyrrole nitrogens is 2. The molecule has 0 saturated carbocycles. The van der Waals surface area contributed by atoms with Gasteiger partial charge in [0.05, 0.1) is 16.7 Å². The molecular formula is C33H35F3N6O8. The van der Waals surface area contributed by atoms with Gasteiger partial charge in [0.25, 0.3) is 11.5 Å². The molecule has 1 amide bonds. The van der Waals surface area contributed by atoms with Crippen molar-refractivity contribution >= 4 is 28.6 Å². The number of carboxylic acids is 1. The number of nitrogens with one attached hydrogen (secondary N) is 3. The first-order valence-corrected chi connectivity index (χ1v) is 15.8. The van der Waals surface area contributed by atoms with Crippen LogP contribution in [0.4, 0.5) is 18.9 Å². The molecule has 14 nitrogen and oxygen atoms in total. The molecule has 0 unspecified atom stereocenters. The monoisotopic (exact) mass is 700 g/mol. The van der Waals surface area contributed by atoms with E-state index in [0.717, 1.165) is 42.6 Å². The van der Waals surface area contributed by atoms with Crippen LogP contribution in [0.2, 0.25) is 0 Å². The van der Waals surface area contributed by atoms with Crippen molar-refractivity contribution in [2.24, 2.45) is 0 Å². The maximum atomic E-state index is 13.3. The number of aromatic nitrogens is 3. The number of aliphatic hydroxyl groups is 1. The number of fused-ring (bicyclic) bond motifs is 3. The fourth-order valence-corrected chi connectivity index (χ4v) is 6.15. The van der Waals surface area contributed by atoms with Gasteiger partial charge < -0.3 is 49.5 Å². The van der Waals surface area contributed by atoms with Gasteiger partial charge in [-0.15, -0.1) is 0 Å². The van der Waals surface area contributed by atoms with Crippen LogP contribution in [0.3, 0.4) is 0 Å². The molecule has 5 heterocycles. The number of piperidine rings is 1. The van der Waals surface area contributed by atoms with Gasteiger partial charge in [0.15, 0.2) is 11.5 Å². The van der Waals surface area contributed by atoms with Crippen LogP contribution in [0.15, 0.2) is 41.3 Å². The Labute approximate surface area is 282 Å². The first kappa shape index (κ1) is 34.6. The number of ether oxygens (including phenoxy) is 3. The van der Waals surface area contributed by atoms with Gasteiger partial charge in [0, 0.05) is 36.5 Å². The van der Waals surface area contributed by atoms with Crippen LogP contribution in [-0.2, 0) is 11.3 Å². The first-order valence-electron chi connectivity index (χ1n) is 15.8. The van der Waals surface area contributed by atoms with E-state index in [2.05, 4.69) is 27.2 Å². The highest BCUT2D eigenvalue weighted by molar-refractivity contribution is 6.02. The Balaban J connectivity index is 0.000000561. The van der Waals surface area contributed by atoms with Crippen LogP contribution in [0, 0.1) is 6.92 Å². The summed E-state index contributed by atoms with van der Waals surface area (Å²) in [6.07, 6.45) is -2.46. The standard InChI is InChI=1S/C31H34N6O6.C2HF3O2/c1-17-25(3-4-26-28(17)43-16-42-26)41-15-20(38)13-33-22-5-8-32-30(39)27(22)29-34-23-11-18-14-37(19-6-9-36(2)10-7-19)31(40)21(18)12-24(23)35-29;3-2(4,5)1(6)7/h3-5,8,11-12,19-20,38H,6-7,9-10,13-16H2,1-2H3,(H,34,35)(H2,32,33,39);(H,6,7)/t20-;/m1./s1. The number of rotatable bonds is 8. The third-order valence-corrected chi connectivity index (χ3v) is 8.80. The number of benzene rings is 2. The van der Waals surface area contributed by atoms with Crippen molar-refractivity contribution in [1.82, 2.24) is 24.8 Å². The van der Waals surface area contributed by atoms with E-state index in [4.69, 9.17) is 29.1 Å². The molecule has 1 saturated heterocycles. The summed E-state index contributed by atoms with van der Waals surface area (Å²) in [5.41, 5.74) is 4.32. The van der Waals surface area contributed by atoms with Crippen molar-refractivity contribution < 1.29 is 47.2 Å². The Kier molecular flexibility index (Phi) is 9.62. The molecule has 3 aliphatic rings. The Morgan fingerprint density at radius 2 is 1.92 bits per heavy atom. The summed E-state index contributed by atoms with van der Waals surface area (Å²) in [6.45, 7) is 4.77. The van der Waals surface area contributed by atoms with E-state index in [1.54, 1.807) is 24.4 Å². The zero-order valence-corrected chi connectivity index (χ0v) is 27.1. The summed E-state index contributed by atoms with van der Waals surface area (Å²) in [4.78, 5) is 50.2. The molecule has 1 fully saturated rings. The molecule has 1 atom stereocenters. The normalized spacial score (nSPS) is 16.6. The number of anilines is 1. The third-order valence-electron chi connectivity index (χ3n) is 8.80. The number of halogens is 3. The van der Waals surface area contributed by atoms with Crippen LogP contribution in [0.5, 0.6) is 17.2 Å². The van der Waals surface area contributed by atoms with Crippen molar-refractivity contribution in [3.63, 3.8) is 0 Å². The second-order valence-electron chi connectivity index (χ2n) is 12.2. The minimum absolute atomic E-state index is 0.0325. The third kappa shape index (κ3) is 7.18. The molecule has 2 aromatic heterocycles. The van der Waals surface area contributed by atoms with Crippen molar-refractivity contribution in [3.8, 4) is 28.6 Å². The van der Waals surface area contributed by atoms with Gasteiger partial charge in [-0.25, -0.2) is 9.78 Å². The number of aromatic amines is 2. The molecule has 50 heavy (non-hydrogen) atoms. The van der Waals surface area contributed by atoms with E-state index in [1.807, 2.05) is 24.0 Å². The van der Waals surface area contributed by atoms with Crippen LogP contribution in [0.25, 0.3) is 22.4 Å². The van der Waals surface area contributed by atoms with Crippen LogP contribution in [-0.4, -0.2) is 105 Å². The van der Waals surface area contributed by atoms with Gasteiger partial charge >= 0.3 is 12.1 Å². The van der Waals surface area contributed by atoms with E-state index in [1.165, 1.54) is 0 Å². The lowest BCUT2D eigenvalue weighted by atomic mass is 10.0. The fourth-order valence-electron chi connectivity index (χ4n) is 6.15. The summed E-state index contributed by atoms with van der Waals surface area (Å²) in [6, 6.07) is 9.33. The number of hydrogen-bond acceptors (Lipinski definition) is 10. The van der Waals surface area contributed by atoms with E-state index in [9.17, 15) is 27.9 Å². The minimum atomic E-state index is -5.08. The summed E-state index contributed by atoms with van der Waals surface area (Å²) >= 11 is 0. The second-order valence-corrected chi connectivity index (χ2v) is 12.2. The number of nitrogens with zero attached hydrogens (tertiary/aromatic N) is 3. The summed E-state index contributed by atoms with van der Waals surface area (Å²) in [5, 5.41) is 21.0. The molecule has 3 aliphatic heterocycles. The maximum Gasteiger partial charge on any atom is 0.490 e. The number of imidazole rings is 1. The van der Waals surface area contributed by atoms with Crippen LogP contribution >= 0.6 is 0 Å². The summed E-state index contributed by atoms with van der Waals surface area (Å²) in [7, 11) is 2.11.